The maximum atomic E-state index is 12.2. The lowest BCUT2D eigenvalue weighted by molar-refractivity contribution is -0.130. The summed E-state index contributed by atoms with van der Waals surface area (Å²) >= 11 is 0. The molecule has 134 valence electrons. The van der Waals surface area contributed by atoms with Gasteiger partial charge in [0, 0.05) is 46.0 Å². The summed E-state index contributed by atoms with van der Waals surface area (Å²) in [7, 11) is -1.32. The molecular formula is C16H30N2O4S. The Bertz CT molecular complexity index is 478. The summed E-state index contributed by atoms with van der Waals surface area (Å²) in [5.74, 6) is 1.11. The molecule has 2 heterocycles. The highest BCUT2D eigenvalue weighted by Crippen LogP contribution is 2.32. The first-order valence-electron chi connectivity index (χ1n) is 8.56. The Balaban J connectivity index is 1.77. The van der Waals surface area contributed by atoms with Crippen LogP contribution in [0, 0.1) is 11.8 Å². The summed E-state index contributed by atoms with van der Waals surface area (Å²) in [5, 5.41) is 0. The third-order valence-electron chi connectivity index (χ3n) is 5.07. The second-order valence-corrected chi connectivity index (χ2v) is 9.22. The zero-order valence-electron chi connectivity index (χ0n) is 14.4. The summed E-state index contributed by atoms with van der Waals surface area (Å²) < 4.78 is 27.5. The van der Waals surface area contributed by atoms with Crippen molar-refractivity contribution in [3.8, 4) is 0 Å². The SMILES string of the molecule is COCCCN1CC[C@@H]2CN(C(=O)CCS(C)(=O)=O)C[C@@H]2CC1. The largest absolute Gasteiger partial charge is 0.385 e. The molecule has 0 aromatic rings. The molecule has 2 atom stereocenters. The van der Waals surface area contributed by atoms with Crippen molar-refractivity contribution in [3.63, 3.8) is 0 Å². The number of likely N-dealkylation sites (tertiary alicyclic amines) is 2. The average Bonchev–Trinajstić information content (AvgIpc) is 2.81. The fourth-order valence-electron chi connectivity index (χ4n) is 3.69. The smallest absolute Gasteiger partial charge is 0.223 e. The van der Waals surface area contributed by atoms with E-state index in [4.69, 9.17) is 4.74 Å². The van der Waals surface area contributed by atoms with Gasteiger partial charge in [0.15, 0.2) is 0 Å². The van der Waals surface area contributed by atoms with Crippen LogP contribution in [0.15, 0.2) is 0 Å². The lowest BCUT2D eigenvalue weighted by atomic mass is 9.92. The Morgan fingerprint density at radius 1 is 1.17 bits per heavy atom. The van der Waals surface area contributed by atoms with Crippen LogP contribution in [-0.4, -0.2) is 82.6 Å². The number of hydrogen-bond acceptors (Lipinski definition) is 5. The van der Waals surface area contributed by atoms with Gasteiger partial charge in [-0.15, -0.1) is 0 Å². The van der Waals surface area contributed by atoms with E-state index in [0.717, 1.165) is 58.6 Å². The minimum atomic E-state index is -3.06. The standard InChI is InChI=1S/C16H30N2O4S/c1-22-10-3-7-17-8-4-14-12-18(13-15(14)5-9-17)16(19)6-11-23(2,20)21/h14-15H,3-13H2,1-2H3/t14-,15+. The van der Waals surface area contributed by atoms with Crippen molar-refractivity contribution in [3.05, 3.63) is 0 Å². The minimum Gasteiger partial charge on any atom is -0.385 e. The maximum absolute atomic E-state index is 12.2. The molecule has 6 nitrogen and oxygen atoms in total. The van der Waals surface area contributed by atoms with Crippen molar-refractivity contribution in [1.82, 2.24) is 9.80 Å². The Kier molecular flexibility index (Phi) is 6.85. The van der Waals surface area contributed by atoms with Crippen molar-refractivity contribution in [2.45, 2.75) is 25.7 Å². The quantitative estimate of drug-likeness (QED) is 0.633. The predicted octanol–water partition coefficient (Wildman–Crippen LogP) is 0.628. The van der Waals surface area contributed by atoms with Crippen LogP contribution in [0.4, 0.5) is 0 Å². The molecule has 2 rings (SSSR count). The Labute approximate surface area is 140 Å². The zero-order chi connectivity index (χ0) is 16.9. The van der Waals surface area contributed by atoms with E-state index < -0.39 is 9.84 Å². The van der Waals surface area contributed by atoms with Gasteiger partial charge in [0.1, 0.15) is 9.84 Å². The van der Waals surface area contributed by atoms with E-state index >= 15 is 0 Å². The second kappa shape index (κ2) is 8.44. The van der Waals surface area contributed by atoms with Crippen LogP contribution >= 0.6 is 0 Å². The predicted molar refractivity (Wildman–Crippen MR) is 90.1 cm³/mol. The molecule has 0 bridgehead atoms. The monoisotopic (exact) mass is 346 g/mol. The van der Waals surface area contributed by atoms with Gasteiger partial charge in [0.05, 0.1) is 5.75 Å². The van der Waals surface area contributed by atoms with Crippen LogP contribution in [0.2, 0.25) is 0 Å². The van der Waals surface area contributed by atoms with E-state index in [2.05, 4.69) is 4.90 Å². The highest BCUT2D eigenvalue weighted by molar-refractivity contribution is 7.90. The lowest BCUT2D eigenvalue weighted by Gasteiger charge is -2.21. The number of fused-ring (bicyclic) bond motifs is 1. The molecule has 2 fully saturated rings. The topological polar surface area (TPSA) is 66.9 Å². The summed E-state index contributed by atoms with van der Waals surface area (Å²) in [6.45, 7) is 5.70. The van der Waals surface area contributed by atoms with Gasteiger partial charge < -0.3 is 14.5 Å². The summed E-state index contributed by atoms with van der Waals surface area (Å²) in [6.07, 6.45) is 4.65. The molecule has 0 aromatic carbocycles. The van der Waals surface area contributed by atoms with Crippen LogP contribution in [0.5, 0.6) is 0 Å². The third kappa shape index (κ3) is 6.04. The first kappa shape index (κ1) is 18.7. The van der Waals surface area contributed by atoms with Gasteiger partial charge in [-0.2, -0.15) is 0 Å². The van der Waals surface area contributed by atoms with Crippen molar-refractivity contribution in [2.75, 3.05) is 58.4 Å². The van der Waals surface area contributed by atoms with Gasteiger partial charge in [-0.1, -0.05) is 0 Å². The van der Waals surface area contributed by atoms with Gasteiger partial charge in [0.25, 0.3) is 0 Å². The highest BCUT2D eigenvalue weighted by Gasteiger charge is 2.36. The Hall–Kier alpha value is -0.660. The molecule has 0 radical (unpaired) electrons. The molecule has 23 heavy (non-hydrogen) atoms. The highest BCUT2D eigenvalue weighted by atomic mass is 32.2. The summed E-state index contributed by atoms with van der Waals surface area (Å²) in [6, 6.07) is 0. The van der Waals surface area contributed by atoms with Crippen LogP contribution in [0.25, 0.3) is 0 Å². The lowest BCUT2D eigenvalue weighted by Crippen LogP contribution is -2.32. The molecule has 0 saturated carbocycles. The molecular weight excluding hydrogens is 316 g/mol. The number of rotatable bonds is 7. The van der Waals surface area contributed by atoms with E-state index in [1.807, 2.05) is 4.90 Å². The van der Waals surface area contributed by atoms with Crippen LogP contribution in [-0.2, 0) is 19.4 Å². The van der Waals surface area contributed by atoms with Gasteiger partial charge in [-0.25, -0.2) is 8.42 Å². The zero-order valence-corrected chi connectivity index (χ0v) is 15.2. The van der Waals surface area contributed by atoms with Gasteiger partial charge in [0.2, 0.25) is 5.91 Å². The fraction of sp³-hybridized carbons (Fsp3) is 0.938. The average molecular weight is 346 g/mol. The Morgan fingerprint density at radius 2 is 1.78 bits per heavy atom. The minimum absolute atomic E-state index is 0.000416. The number of hydrogen-bond donors (Lipinski definition) is 0. The molecule has 0 N–H and O–H groups in total. The number of carbonyl (C=O) groups is 1. The maximum Gasteiger partial charge on any atom is 0.223 e. The third-order valence-corrected chi connectivity index (χ3v) is 6.02. The van der Waals surface area contributed by atoms with E-state index in [-0.39, 0.29) is 18.1 Å². The Morgan fingerprint density at radius 3 is 2.30 bits per heavy atom. The molecule has 0 spiro atoms. The number of amides is 1. The van der Waals surface area contributed by atoms with Gasteiger partial charge in [-0.3, -0.25) is 4.79 Å². The van der Waals surface area contributed by atoms with Crippen LogP contribution in [0.3, 0.4) is 0 Å². The van der Waals surface area contributed by atoms with Crippen molar-refractivity contribution >= 4 is 15.7 Å². The number of methoxy groups -OCH3 is 1. The van der Waals surface area contributed by atoms with Crippen molar-refractivity contribution < 1.29 is 17.9 Å². The summed E-state index contributed by atoms with van der Waals surface area (Å²) in [4.78, 5) is 16.6. The van der Waals surface area contributed by atoms with E-state index in [0.29, 0.717) is 11.8 Å². The van der Waals surface area contributed by atoms with Gasteiger partial charge >= 0.3 is 0 Å². The van der Waals surface area contributed by atoms with Crippen molar-refractivity contribution in [2.24, 2.45) is 11.8 Å². The normalized spacial score (nSPS) is 26.1. The molecule has 2 saturated heterocycles. The van der Waals surface area contributed by atoms with E-state index in [9.17, 15) is 13.2 Å². The van der Waals surface area contributed by atoms with Crippen LogP contribution < -0.4 is 0 Å². The molecule has 0 aromatic heterocycles. The second-order valence-electron chi connectivity index (χ2n) is 6.96. The fourth-order valence-corrected chi connectivity index (χ4v) is 4.24. The van der Waals surface area contributed by atoms with Crippen molar-refractivity contribution in [1.29, 1.82) is 0 Å². The van der Waals surface area contributed by atoms with Gasteiger partial charge in [-0.05, 0) is 44.2 Å². The molecule has 0 unspecified atom stereocenters. The number of ether oxygens (including phenoxy) is 1. The van der Waals surface area contributed by atoms with E-state index in [1.54, 1.807) is 7.11 Å². The molecule has 2 aliphatic heterocycles. The number of carbonyl (C=O) groups excluding carboxylic acids is 1. The molecule has 1 amide bonds. The summed E-state index contributed by atoms with van der Waals surface area (Å²) in [5.41, 5.74) is 0. The first-order valence-corrected chi connectivity index (χ1v) is 10.6. The first-order chi connectivity index (χ1) is 10.9. The molecule has 0 aliphatic carbocycles. The number of nitrogens with zero attached hydrogens (tertiary/aromatic N) is 2. The molecule has 2 aliphatic rings. The molecule has 7 heteroatoms. The number of sulfone groups is 1. The van der Waals surface area contributed by atoms with Crippen LogP contribution in [0.1, 0.15) is 25.7 Å². The van der Waals surface area contributed by atoms with E-state index in [1.165, 1.54) is 6.26 Å².